The summed E-state index contributed by atoms with van der Waals surface area (Å²) in [7, 11) is 0. The van der Waals surface area contributed by atoms with Crippen molar-refractivity contribution < 1.29 is 9.53 Å². The molecule has 2 aliphatic heterocycles. The maximum Gasteiger partial charge on any atom is 0.410 e. The van der Waals surface area contributed by atoms with Crippen LogP contribution in [0.15, 0.2) is 12.1 Å². The van der Waals surface area contributed by atoms with Crippen LogP contribution in [0.3, 0.4) is 0 Å². The highest BCUT2D eigenvalue weighted by Gasteiger charge is 2.45. The Morgan fingerprint density at radius 1 is 1.12 bits per heavy atom. The molecule has 1 spiro atoms. The Morgan fingerprint density at radius 2 is 1.75 bits per heavy atom. The molecule has 0 saturated carbocycles. The molecule has 5 heteroatoms. The van der Waals surface area contributed by atoms with E-state index in [0.717, 1.165) is 50.4 Å². The zero-order valence-corrected chi connectivity index (χ0v) is 15.6. The number of hydrogen-bond acceptors (Lipinski definition) is 4. The summed E-state index contributed by atoms with van der Waals surface area (Å²) in [5.41, 5.74) is 3.16. The number of hydrogen-bond donors (Lipinski definition) is 0. The van der Waals surface area contributed by atoms with E-state index in [1.54, 1.807) is 0 Å². The third-order valence-corrected chi connectivity index (χ3v) is 4.96. The molecule has 1 aromatic heterocycles. The molecule has 0 bridgehead atoms. The summed E-state index contributed by atoms with van der Waals surface area (Å²) in [5, 5.41) is 0. The molecule has 1 aromatic rings. The van der Waals surface area contributed by atoms with Crippen molar-refractivity contribution in [1.29, 1.82) is 0 Å². The van der Waals surface area contributed by atoms with Crippen molar-refractivity contribution in [3.05, 3.63) is 23.5 Å². The summed E-state index contributed by atoms with van der Waals surface area (Å²) in [6, 6.07) is 4.32. The Morgan fingerprint density at radius 3 is 2.38 bits per heavy atom. The molecule has 132 valence electrons. The highest BCUT2D eigenvalue weighted by molar-refractivity contribution is 5.68. The van der Waals surface area contributed by atoms with Gasteiger partial charge in [-0.25, -0.2) is 4.79 Å². The fourth-order valence-electron chi connectivity index (χ4n) is 3.90. The molecule has 2 aliphatic rings. The summed E-state index contributed by atoms with van der Waals surface area (Å²) < 4.78 is 5.53. The first-order chi connectivity index (χ1) is 11.2. The van der Waals surface area contributed by atoms with Crippen molar-refractivity contribution in [2.45, 2.75) is 53.1 Å². The van der Waals surface area contributed by atoms with Gasteiger partial charge in [0, 0.05) is 48.7 Å². The molecular formula is C19H29N3O2. The van der Waals surface area contributed by atoms with Gasteiger partial charge in [-0.3, -0.25) is 4.98 Å². The SMILES string of the molecule is Cc1cc(N2CC[C@]3(CCN(C(=O)OC(C)(C)C)C3)C2)cc(C)n1. The second kappa shape index (κ2) is 5.94. The Balaban J connectivity index is 1.66. The number of rotatable bonds is 1. The molecule has 3 rings (SSSR count). The van der Waals surface area contributed by atoms with Crippen LogP contribution in [0.2, 0.25) is 0 Å². The minimum atomic E-state index is -0.430. The molecule has 1 atom stereocenters. The fourth-order valence-corrected chi connectivity index (χ4v) is 3.90. The number of nitrogens with zero attached hydrogens (tertiary/aromatic N) is 3. The molecule has 24 heavy (non-hydrogen) atoms. The average Bonchev–Trinajstić information content (AvgIpc) is 3.04. The maximum absolute atomic E-state index is 12.3. The second-order valence-electron chi connectivity index (χ2n) is 8.43. The number of amides is 1. The van der Waals surface area contributed by atoms with Gasteiger partial charge in [0.2, 0.25) is 0 Å². The summed E-state index contributed by atoms with van der Waals surface area (Å²) in [4.78, 5) is 21.1. The third kappa shape index (κ3) is 3.65. The third-order valence-electron chi connectivity index (χ3n) is 4.96. The number of likely N-dealkylation sites (tertiary alicyclic amines) is 1. The largest absolute Gasteiger partial charge is 0.444 e. The lowest BCUT2D eigenvalue weighted by Crippen LogP contribution is -2.37. The van der Waals surface area contributed by atoms with Crippen molar-refractivity contribution >= 4 is 11.8 Å². The molecule has 3 heterocycles. The lowest BCUT2D eigenvalue weighted by molar-refractivity contribution is 0.0276. The number of anilines is 1. The van der Waals surface area contributed by atoms with Crippen LogP contribution in [0.5, 0.6) is 0 Å². The summed E-state index contributed by atoms with van der Waals surface area (Å²) in [5.74, 6) is 0. The van der Waals surface area contributed by atoms with Crippen molar-refractivity contribution in [2.24, 2.45) is 5.41 Å². The Bertz CT molecular complexity index is 618. The standard InChI is InChI=1S/C19H29N3O2/c1-14-10-16(11-15(2)20-14)21-8-6-19(12-21)7-9-22(13-19)17(23)24-18(3,4)5/h10-11H,6-9,12-13H2,1-5H3/t19-/m0/s1. The van der Waals surface area contributed by atoms with Gasteiger partial charge in [-0.2, -0.15) is 0 Å². The van der Waals surface area contributed by atoms with Gasteiger partial charge in [0.1, 0.15) is 5.60 Å². The highest BCUT2D eigenvalue weighted by Crippen LogP contribution is 2.41. The van der Waals surface area contributed by atoms with E-state index in [9.17, 15) is 4.79 Å². The first-order valence-electron chi connectivity index (χ1n) is 8.84. The Hall–Kier alpha value is -1.78. The van der Waals surface area contributed by atoms with Gasteiger partial charge in [-0.1, -0.05) is 0 Å². The summed E-state index contributed by atoms with van der Waals surface area (Å²) in [6.07, 6.45) is 2.02. The van der Waals surface area contributed by atoms with Gasteiger partial charge in [0.05, 0.1) is 0 Å². The predicted molar refractivity (Wildman–Crippen MR) is 95.4 cm³/mol. The van der Waals surface area contributed by atoms with Crippen LogP contribution in [0, 0.1) is 19.3 Å². The van der Waals surface area contributed by atoms with Gasteiger partial charge in [0.15, 0.2) is 0 Å². The van der Waals surface area contributed by atoms with E-state index in [2.05, 4.69) is 22.0 Å². The zero-order valence-electron chi connectivity index (χ0n) is 15.6. The second-order valence-corrected chi connectivity index (χ2v) is 8.43. The van der Waals surface area contributed by atoms with E-state index >= 15 is 0 Å². The molecule has 1 amide bonds. The number of ether oxygens (including phenoxy) is 1. The van der Waals surface area contributed by atoms with Crippen molar-refractivity contribution in [2.75, 3.05) is 31.1 Å². The molecule has 0 aliphatic carbocycles. The normalized spacial score (nSPS) is 24.0. The molecule has 0 N–H and O–H groups in total. The van der Waals surface area contributed by atoms with Gasteiger partial charge < -0.3 is 14.5 Å². The van der Waals surface area contributed by atoms with Crippen molar-refractivity contribution in [3.63, 3.8) is 0 Å². The number of pyridine rings is 1. The number of aryl methyl sites for hydroxylation is 2. The number of carbonyl (C=O) groups excluding carboxylic acids is 1. The van der Waals surface area contributed by atoms with Gasteiger partial charge in [0.25, 0.3) is 0 Å². The molecular weight excluding hydrogens is 302 g/mol. The van der Waals surface area contributed by atoms with E-state index in [-0.39, 0.29) is 11.5 Å². The summed E-state index contributed by atoms with van der Waals surface area (Å²) in [6.45, 7) is 13.5. The van der Waals surface area contributed by atoms with Crippen molar-refractivity contribution in [1.82, 2.24) is 9.88 Å². The Labute approximate surface area is 145 Å². The van der Waals surface area contributed by atoms with Gasteiger partial charge in [-0.05, 0) is 59.6 Å². The highest BCUT2D eigenvalue weighted by atomic mass is 16.6. The fraction of sp³-hybridized carbons (Fsp3) is 0.684. The quantitative estimate of drug-likeness (QED) is 0.790. The Kier molecular flexibility index (Phi) is 4.22. The number of carbonyl (C=O) groups is 1. The smallest absolute Gasteiger partial charge is 0.410 e. The molecule has 0 unspecified atom stereocenters. The first-order valence-corrected chi connectivity index (χ1v) is 8.84. The van der Waals surface area contributed by atoms with Crippen LogP contribution >= 0.6 is 0 Å². The number of aromatic nitrogens is 1. The topological polar surface area (TPSA) is 45.7 Å². The van der Waals surface area contributed by atoms with Gasteiger partial charge >= 0.3 is 6.09 Å². The molecule has 5 nitrogen and oxygen atoms in total. The van der Waals surface area contributed by atoms with Crippen molar-refractivity contribution in [3.8, 4) is 0 Å². The summed E-state index contributed by atoms with van der Waals surface area (Å²) >= 11 is 0. The zero-order chi connectivity index (χ0) is 17.5. The molecule has 2 fully saturated rings. The molecule has 2 saturated heterocycles. The first kappa shape index (κ1) is 17.1. The van der Waals surface area contributed by atoms with Crippen LogP contribution in [0.25, 0.3) is 0 Å². The van der Waals surface area contributed by atoms with E-state index in [1.807, 2.05) is 39.5 Å². The minimum Gasteiger partial charge on any atom is -0.444 e. The van der Waals surface area contributed by atoms with Crippen LogP contribution in [0.1, 0.15) is 45.0 Å². The molecule has 0 aromatic carbocycles. The lowest BCUT2D eigenvalue weighted by Gasteiger charge is -2.27. The van der Waals surface area contributed by atoms with Crippen LogP contribution in [-0.4, -0.2) is 47.8 Å². The van der Waals surface area contributed by atoms with Gasteiger partial charge in [-0.15, -0.1) is 0 Å². The molecule has 0 radical (unpaired) electrons. The van der Waals surface area contributed by atoms with Crippen LogP contribution in [0.4, 0.5) is 10.5 Å². The van der Waals surface area contributed by atoms with E-state index < -0.39 is 5.60 Å². The van der Waals surface area contributed by atoms with Crippen LogP contribution in [-0.2, 0) is 4.74 Å². The van der Waals surface area contributed by atoms with Crippen LogP contribution < -0.4 is 4.90 Å². The minimum absolute atomic E-state index is 0.173. The van der Waals surface area contributed by atoms with E-state index in [0.29, 0.717) is 0 Å². The lowest BCUT2D eigenvalue weighted by atomic mass is 9.86. The maximum atomic E-state index is 12.3. The average molecular weight is 331 g/mol. The predicted octanol–water partition coefficient (Wildman–Crippen LogP) is 3.54. The monoisotopic (exact) mass is 331 g/mol. The van der Waals surface area contributed by atoms with E-state index in [1.165, 1.54) is 5.69 Å². The van der Waals surface area contributed by atoms with E-state index in [4.69, 9.17) is 4.74 Å².